The van der Waals surface area contributed by atoms with Crippen molar-refractivity contribution in [1.29, 1.82) is 5.26 Å². The maximum absolute atomic E-state index is 13.7. The van der Waals surface area contributed by atoms with E-state index in [9.17, 15) is 19.6 Å². The van der Waals surface area contributed by atoms with Crippen LogP contribution in [0.2, 0.25) is 0 Å². The average Bonchev–Trinajstić information content (AvgIpc) is 3.76. The largest absolute Gasteiger partial charge is 0.497 e. The van der Waals surface area contributed by atoms with E-state index in [2.05, 4.69) is 67.8 Å². The van der Waals surface area contributed by atoms with Gasteiger partial charge in [-0.25, -0.2) is 9.46 Å². The van der Waals surface area contributed by atoms with Gasteiger partial charge in [0.05, 0.1) is 39.9 Å². The quantitative estimate of drug-likeness (QED) is 0.0189. The lowest BCUT2D eigenvalue weighted by atomic mass is 9.80. The summed E-state index contributed by atoms with van der Waals surface area (Å²) in [4.78, 5) is 41.5. The fraction of sp³-hybridized carbons (Fsp3) is 0.567. The van der Waals surface area contributed by atoms with Crippen molar-refractivity contribution in [3.63, 3.8) is 0 Å². The lowest BCUT2D eigenvalue weighted by molar-refractivity contribution is -0.121. The molecule has 1 saturated heterocycles. The van der Waals surface area contributed by atoms with Crippen molar-refractivity contribution in [2.45, 2.75) is 180 Å². The van der Waals surface area contributed by atoms with Gasteiger partial charge in [-0.3, -0.25) is 19.1 Å². The number of benzene rings is 3. The highest BCUT2D eigenvalue weighted by Crippen LogP contribution is 2.51. The van der Waals surface area contributed by atoms with Crippen molar-refractivity contribution in [3.05, 3.63) is 141 Å². The molecule has 15 nitrogen and oxygen atoms in total. The molecule has 0 spiro atoms. The Hall–Kier alpha value is -5.17. The third kappa shape index (κ3) is 18.8. The van der Waals surface area contributed by atoms with Gasteiger partial charge >= 0.3 is 5.69 Å². The first-order chi connectivity index (χ1) is 37.0. The summed E-state index contributed by atoms with van der Waals surface area (Å²) in [6.07, 6.45) is 18.7. The first-order valence-corrected chi connectivity index (χ1v) is 28.8. The number of allylic oxidation sites excluding steroid dienone is 2. The van der Waals surface area contributed by atoms with Crippen LogP contribution in [0.3, 0.4) is 0 Å². The Kier molecular flexibility index (Phi) is 27.5. The molecule has 1 aromatic heterocycles. The van der Waals surface area contributed by atoms with Crippen molar-refractivity contribution in [2.24, 2.45) is 0 Å². The van der Waals surface area contributed by atoms with Gasteiger partial charge in [0.15, 0.2) is 6.23 Å². The van der Waals surface area contributed by atoms with E-state index in [1.165, 1.54) is 68.2 Å². The molecule has 0 saturated carbocycles. The Morgan fingerprint density at radius 3 is 1.92 bits per heavy atom. The van der Waals surface area contributed by atoms with Crippen molar-refractivity contribution in [2.75, 3.05) is 40.6 Å². The summed E-state index contributed by atoms with van der Waals surface area (Å²) in [5, 5.41) is 12.6. The fourth-order valence-electron chi connectivity index (χ4n) is 9.64. The zero-order valence-corrected chi connectivity index (χ0v) is 47.2. The summed E-state index contributed by atoms with van der Waals surface area (Å²) in [5.41, 5.74) is -0.0682. The van der Waals surface area contributed by atoms with Crippen LogP contribution in [0.15, 0.2) is 113 Å². The molecule has 5 atom stereocenters. The first kappa shape index (κ1) is 61.7. The molecule has 0 bridgehead atoms. The zero-order chi connectivity index (χ0) is 54.5. The monoisotopic (exact) mass is 1070 g/mol. The molecule has 76 heavy (non-hydrogen) atoms. The predicted octanol–water partition coefficient (Wildman–Crippen LogP) is 12.1. The molecule has 0 aliphatic carbocycles. The summed E-state index contributed by atoms with van der Waals surface area (Å²) in [6, 6.07) is 28.7. The molecule has 4 aromatic rings. The number of methoxy groups -OCH3 is 2. The van der Waals surface area contributed by atoms with Crippen LogP contribution < -0.4 is 26.0 Å². The van der Waals surface area contributed by atoms with Gasteiger partial charge in [0.1, 0.15) is 35.4 Å². The maximum Gasteiger partial charge on any atom is 0.330 e. The molecule has 1 aliphatic heterocycles. The lowest BCUT2D eigenvalue weighted by Crippen LogP contribution is -2.43. The average molecular weight is 1070 g/mol. The number of unbranched alkanes of at least 4 members (excludes halogenated alkanes) is 11. The van der Waals surface area contributed by atoms with Crippen LogP contribution in [-0.4, -0.2) is 91.1 Å². The minimum Gasteiger partial charge on any atom is -0.497 e. The predicted molar refractivity (Wildman–Crippen MR) is 300 cm³/mol. The topological polar surface area (TPSA) is 176 Å². The lowest BCUT2D eigenvalue weighted by Gasteiger charge is -2.39. The number of H-pyrrole nitrogens is 1. The minimum absolute atomic E-state index is 0.00356. The summed E-state index contributed by atoms with van der Waals surface area (Å²) in [7, 11) is 1.36. The molecule has 416 valence electrons. The highest BCUT2D eigenvalue weighted by molar-refractivity contribution is 7.44. The Labute approximate surface area is 453 Å². The number of nitriles is 1. The molecule has 16 heteroatoms. The Balaban J connectivity index is 1.37. The van der Waals surface area contributed by atoms with Gasteiger partial charge in [-0.15, -0.1) is 0 Å². The fourth-order valence-corrected chi connectivity index (χ4v) is 11.4. The van der Waals surface area contributed by atoms with Gasteiger partial charge in [-0.2, -0.15) is 5.26 Å². The van der Waals surface area contributed by atoms with Gasteiger partial charge in [0.25, 0.3) is 14.1 Å². The second-order valence-corrected chi connectivity index (χ2v) is 21.3. The van der Waals surface area contributed by atoms with Crippen LogP contribution in [-0.2, 0) is 33.7 Å². The van der Waals surface area contributed by atoms with Gasteiger partial charge in [0, 0.05) is 43.9 Å². The third-order valence-electron chi connectivity index (χ3n) is 13.5. The standard InChI is InChI=1S/C60H86N5O10P/c1-8-9-10-11-12-13-14-15-16-17-18-19-20-21-25-30-54(66)62-41-27-43-71-57-56(75-76(73-44-26-40-61)65(46(2)3)47(4)5)53(74-58(57)64-42-39-55(67)63-59(64)68)45-72-60(48-28-23-22-24-29-48,49-31-35-51(69-6)36-32-49)50-33-37-52(70-7)38-34-50/h15-16,22-24,28-29,31-39,42,46-47,53,56-58H,8-14,17-21,25-27,30,41,43-45H2,1-7H3,(H,62,66)(H,63,67,68)/b16-15-/t53-,56?,57+,58-,76?/m1/s1. The van der Waals surface area contributed by atoms with E-state index in [4.69, 9.17) is 32.7 Å². The van der Waals surface area contributed by atoms with Crippen LogP contribution in [0.4, 0.5) is 0 Å². The molecule has 1 amide bonds. The smallest absolute Gasteiger partial charge is 0.330 e. The number of aromatic amines is 1. The number of carbonyl (C=O) groups excluding carboxylic acids is 1. The highest BCUT2D eigenvalue weighted by atomic mass is 31.2. The van der Waals surface area contributed by atoms with Crippen molar-refractivity contribution in [3.8, 4) is 17.6 Å². The number of nitrogens with zero attached hydrogens (tertiary/aromatic N) is 3. The summed E-state index contributed by atoms with van der Waals surface area (Å²) >= 11 is 0. The van der Waals surface area contributed by atoms with Gasteiger partial charge in [0.2, 0.25) is 5.91 Å². The second-order valence-electron chi connectivity index (χ2n) is 19.9. The molecule has 2 unspecified atom stereocenters. The summed E-state index contributed by atoms with van der Waals surface area (Å²) < 4.78 is 49.4. The van der Waals surface area contributed by atoms with Crippen molar-refractivity contribution in [1.82, 2.24) is 19.5 Å². The second kappa shape index (κ2) is 33.9. The summed E-state index contributed by atoms with van der Waals surface area (Å²) in [5.74, 6) is 1.34. The van der Waals surface area contributed by atoms with E-state index >= 15 is 0 Å². The van der Waals surface area contributed by atoms with E-state index in [0.29, 0.717) is 30.9 Å². The van der Waals surface area contributed by atoms with E-state index < -0.39 is 49.9 Å². The van der Waals surface area contributed by atoms with Gasteiger partial charge in [-0.05, 0) is 107 Å². The van der Waals surface area contributed by atoms with Gasteiger partial charge < -0.3 is 38.0 Å². The van der Waals surface area contributed by atoms with E-state index in [0.717, 1.165) is 48.8 Å². The molecular weight excluding hydrogens is 982 g/mol. The third-order valence-corrected chi connectivity index (χ3v) is 15.7. The van der Waals surface area contributed by atoms with Crippen LogP contribution in [0.1, 0.15) is 160 Å². The highest BCUT2D eigenvalue weighted by Gasteiger charge is 2.51. The Morgan fingerprint density at radius 1 is 0.776 bits per heavy atom. The molecule has 3 aromatic carbocycles. The van der Waals surface area contributed by atoms with Crippen LogP contribution in [0.5, 0.6) is 11.5 Å². The summed E-state index contributed by atoms with van der Waals surface area (Å²) in [6.45, 7) is 11.0. The van der Waals surface area contributed by atoms with Crippen LogP contribution in [0, 0.1) is 11.3 Å². The normalized spacial score (nSPS) is 17.2. The molecule has 0 radical (unpaired) electrons. The number of carbonyl (C=O) groups is 1. The van der Waals surface area contributed by atoms with Crippen molar-refractivity contribution >= 4 is 14.4 Å². The Bertz CT molecular complexity index is 2390. The van der Waals surface area contributed by atoms with Crippen LogP contribution >= 0.6 is 8.53 Å². The number of aromatic nitrogens is 2. The SMILES string of the molecule is CCCCCCCC/C=C\CCCCCCCC(=O)NCCCO[C@H]1C(OP(OCCC#N)N(C(C)C)C(C)C)[C@@H](COC(c2ccccc2)(c2ccc(OC)cc2)c2ccc(OC)cc2)O[C@H]1n1ccc(=O)[nH]c1=O. The molecule has 1 fully saturated rings. The molecule has 2 heterocycles. The zero-order valence-electron chi connectivity index (χ0n) is 46.3. The molecule has 1 aliphatic rings. The maximum atomic E-state index is 13.7. The number of hydrogen-bond acceptors (Lipinski definition) is 12. The molecule has 5 rings (SSSR count). The minimum atomic E-state index is -1.88. The number of rotatable bonds is 37. The number of hydrogen-bond donors (Lipinski definition) is 2. The molecular formula is C60H86N5O10P. The van der Waals surface area contributed by atoms with Crippen molar-refractivity contribution < 1.29 is 37.5 Å². The van der Waals surface area contributed by atoms with Gasteiger partial charge in [-0.1, -0.05) is 125 Å². The van der Waals surface area contributed by atoms with E-state index in [-0.39, 0.29) is 44.2 Å². The van der Waals surface area contributed by atoms with E-state index in [1.807, 2.05) is 78.9 Å². The number of ether oxygens (including phenoxy) is 5. The number of nitrogens with one attached hydrogen (secondary N) is 2. The van der Waals surface area contributed by atoms with E-state index in [1.54, 1.807) is 14.2 Å². The first-order valence-electron chi connectivity index (χ1n) is 27.7. The van der Waals surface area contributed by atoms with Crippen LogP contribution in [0.25, 0.3) is 0 Å². The molecule has 2 N–H and O–H groups in total. The Morgan fingerprint density at radius 2 is 1.36 bits per heavy atom. The number of amides is 1.